The lowest BCUT2D eigenvalue weighted by atomic mass is 10.1. The number of unbranched alkanes of at least 4 members (excludes halogenated alkanes) is 1. The van der Waals surface area contributed by atoms with Crippen LogP contribution in [0.3, 0.4) is 0 Å². The Balaban J connectivity index is 2.15. The minimum Gasteiger partial charge on any atom is -0.125 e. The fourth-order valence-electron chi connectivity index (χ4n) is 1.68. The van der Waals surface area contributed by atoms with Gasteiger partial charge in [-0.3, -0.25) is 0 Å². The molecule has 0 aliphatic heterocycles. The van der Waals surface area contributed by atoms with Crippen molar-refractivity contribution in [1.82, 2.24) is 0 Å². The van der Waals surface area contributed by atoms with Crippen LogP contribution in [0.5, 0.6) is 0 Å². The highest BCUT2D eigenvalue weighted by Gasteiger charge is 1.99. The van der Waals surface area contributed by atoms with E-state index in [4.69, 9.17) is 6.42 Å². The van der Waals surface area contributed by atoms with Crippen molar-refractivity contribution in [3.63, 3.8) is 0 Å². The van der Waals surface area contributed by atoms with Gasteiger partial charge in [-0.1, -0.05) is 36.4 Å². The van der Waals surface area contributed by atoms with Crippen LogP contribution >= 0.6 is 11.8 Å². The molecule has 0 atom stereocenters. The van der Waals surface area contributed by atoms with Crippen LogP contribution in [0.2, 0.25) is 0 Å². The van der Waals surface area contributed by atoms with Gasteiger partial charge in [-0.2, -0.15) is 0 Å². The van der Waals surface area contributed by atoms with Crippen LogP contribution in [0.15, 0.2) is 47.4 Å². The minimum absolute atomic E-state index is 0.873. The van der Waals surface area contributed by atoms with Crippen LogP contribution in [0.25, 0.3) is 10.8 Å². The van der Waals surface area contributed by atoms with Crippen molar-refractivity contribution < 1.29 is 0 Å². The SMILES string of the molecule is C#CCCCSc1cccc2ccccc12. The van der Waals surface area contributed by atoms with E-state index in [1.54, 1.807) is 0 Å². The van der Waals surface area contributed by atoms with Crippen LogP contribution in [0, 0.1) is 12.3 Å². The molecule has 1 heteroatoms. The average molecular weight is 226 g/mol. The summed E-state index contributed by atoms with van der Waals surface area (Å²) in [6.07, 6.45) is 7.20. The molecule has 2 aromatic rings. The molecule has 16 heavy (non-hydrogen) atoms. The summed E-state index contributed by atoms with van der Waals surface area (Å²) in [4.78, 5) is 1.36. The van der Waals surface area contributed by atoms with E-state index in [-0.39, 0.29) is 0 Å². The van der Waals surface area contributed by atoms with Crippen molar-refractivity contribution in [2.24, 2.45) is 0 Å². The van der Waals surface area contributed by atoms with Crippen molar-refractivity contribution in [1.29, 1.82) is 0 Å². The molecule has 0 aliphatic carbocycles. The molecule has 0 nitrogen and oxygen atoms in total. The molecule has 0 N–H and O–H groups in total. The molecule has 0 heterocycles. The summed E-state index contributed by atoms with van der Waals surface area (Å²) in [5.74, 6) is 3.77. The smallest absolute Gasteiger partial charge is 0.0150 e. The van der Waals surface area contributed by atoms with Gasteiger partial charge in [0.2, 0.25) is 0 Å². The Morgan fingerprint density at radius 3 is 2.75 bits per heavy atom. The molecule has 0 fully saturated rings. The van der Waals surface area contributed by atoms with Crippen molar-refractivity contribution >= 4 is 22.5 Å². The Bertz CT molecular complexity index is 503. The molecule has 2 rings (SSSR count). The monoisotopic (exact) mass is 226 g/mol. The maximum atomic E-state index is 5.24. The van der Waals surface area contributed by atoms with E-state index < -0.39 is 0 Å². The average Bonchev–Trinajstić information content (AvgIpc) is 2.35. The number of thioether (sulfide) groups is 1. The lowest BCUT2D eigenvalue weighted by molar-refractivity contribution is 0.998. The molecule has 0 saturated carbocycles. The summed E-state index contributed by atoms with van der Waals surface area (Å²) in [7, 11) is 0. The Kier molecular flexibility index (Phi) is 3.91. The van der Waals surface area contributed by atoms with E-state index in [0.29, 0.717) is 0 Å². The predicted molar refractivity (Wildman–Crippen MR) is 72.7 cm³/mol. The van der Waals surface area contributed by atoms with Gasteiger partial charge in [0.1, 0.15) is 0 Å². The molecular formula is C15H14S. The van der Waals surface area contributed by atoms with E-state index in [9.17, 15) is 0 Å². The zero-order valence-corrected chi connectivity index (χ0v) is 9.96. The largest absolute Gasteiger partial charge is 0.125 e. The number of hydrogen-bond acceptors (Lipinski definition) is 1. The normalized spacial score (nSPS) is 10.2. The van der Waals surface area contributed by atoms with E-state index in [1.165, 1.54) is 15.7 Å². The third kappa shape index (κ3) is 2.59. The number of rotatable bonds is 4. The maximum absolute atomic E-state index is 5.24. The summed E-state index contributed by atoms with van der Waals surface area (Å²) in [6, 6.07) is 15.0. The quantitative estimate of drug-likeness (QED) is 0.424. The summed E-state index contributed by atoms with van der Waals surface area (Å²) < 4.78 is 0. The number of benzene rings is 2. The standard InChI is InChI=1S/C15H14S/c1-2-3-6-12-16-15-11-7-9-13-8-4-5-10-14(13)15/h1,4-5,7-11H,3,6,12H2. The highest BCUT2D eigenvalue weighted by atomic mass is 32.2. The van der Waals surface area contributed by atoms with Crippen LogP contribution in [0.4, 0.5) is 0 Å². The van der Waals surface area contributed by atoms with Gasteiger partial charge in [0.05, 0.1) is 0 Å². The molecule has 0 aromatic heterocycles. The molecule has 0 amide bonds. The summed E-state index contributed by atoms with van der Waals surface area (Å²) >= 11 is 1.89. The van der Waals surface area contributed by atoms with Gasteiger partial charge in [-0.25, -0.2) is 0 Å². The molecule has 0 unspecified atom stereocenters. The van der Waals surface area contributed by atoms with Gasteiger partial charge < -0.3 is 0 Å². The number of fused-ring (bicyclic) bond motifs is 1. The first kappa shape index (κ1) is 11.1. The van der Waals surface area contributed by atoms with E-state index in [1.807, 2.05) is 11.8 Å². The summed E-state index contributed by atoms with van der Waals surface area (Å²) in [5.41, 5.74) is 0. The Hall–Kier alpha value is -1.39. The van der Waals surface area contributed by atoms with Gasteiger partial charge in [0.25, 0.3) is 0 Å². The van der Waals surface area contributed by atoms with Gasteiger partial charge in [0, 0.05) is 11.3 Å². The highest BCUT2D eigenvalue weighted by Crippen LogP contribution is 2.28. The first-order valence-electron chi connectivity index (χ1n) is 5.46. The first-order valence-corrected chi connectivity index (χ1v) is 6.44. The maximum Gasteiger partial charge on any atom is 0.0150 e. The molecule has 0 aliphatic rings. The molecule has 0 radical (unpaired) electrons. The summed E-state index contributed by atoms with van der Waals surface area (Å²) in [5, 5.41) is 2.65. The number of hydrogen-bond donors (Lipinski definition) is 0. The molecule has 80 valence electrons. The van der Waals surface area contributed by atoms with Gasteiger partial charge in [0.15, 0.2) is 0 Å². The molecule has 0 saturated heterocycles. The topological polar surface area (TPSA) is 0 Å². The van der Waals surface area contributed by atoms with Crippen LogP contribution < -0.4 is 0 Å². The van der Waals surface area contributed by atoms with Crippen LogP contribution in [-0.4, -0.2) is 5.75 Å². The lowest BCUT2D eigenvalue weighted by Gasteiger charge is -2.05. The minimum atomic E-state index is 0.873. The van der Waals surface area contributed by atoms with E-state index in [2.05, 4.69) is 48.4 Å². The van der Waals surface area contributed by atoms with Crippen molar-refractivity contribution in [2.45, 2.75) is 17.7 Å². The highest BCUT2D eigenvalue weighted by molar-refractivity contribution is 7.99. The van der Waals surface area contributed by atoms with Crippen molar-refractivity contribution in [3.05, 3.63) is 42.5 Å². The third-order valence-electron chi connectivity index (χ3n) is 2.47. The first-order chi connectivity index (χ1) is 7.92. The van der Waals surface area contributed by atoms with Gasteiger partial charge in [-0.05, 0) is 29.0 Å². The Morgan fingerprint density at radius 2 is 1.88 bits per heavy atom. The second-order valence-electron chi connectivity index (χ2n) is 3.63. The Morgan fingerprint density at radius 1 is 1.06 bits per heavy atom. The molecule has 2 aromatic carbocycles. The molecule has 0 bridgehead atoms. The van der Waals surface area contributed by atoms with Gasteiger partial charge >= 0.3 is 0 Å². The molecular weight excluding hydrogens is 212 g/mol. The van der Waals surface area contributed by atoms with Crippen LogP contribution in [-0.2, 0) is 0 Å². The third-order valence-corrected chi connectivity index (χ3v) is 3.63. The summed E-state index contributed by atoms with van der Waals surface area (Å²) in [6.45, 7) is 0. The fourth-order valence-corrected chi connectivity index (χ4v) is 2.70. The Labute approximate surface area is 101 Å². The zero-order valence-electron chi connectivity index (χ0n) is 9.15. The predicted octanol–water partition coefficient (Wildman–Crippen LogP) is 4.35. The van der Waals surface area contributed by atoms with Crippen molar-refractivity contribution in [3.8, 4) is 12.3 Å². The van der Waals surface area contributed by atoms with E-state index in [0.717, 1.165) is 18.6 Å². The molecule has 0 spiro atoms. The van der Waals surface area contributed by atoms with Crippen molar-refractivity contribution in [2.75, 3.05) is 5.75 Å². The van der Waals surface area contributed by atoms with E-state index >= 15 is 0 Å². The second-order valence-corrected chi connectivity index (χ2v) is 4.77. The second kappa shape index (κ2) is 5.63. The van der Waals surface area contributed by atoms with Crippen LogP contribution in [0.1, 0.15) is 12.8 Å². The lowest BCUT2D eigenvalue weighted by Crippen LogP contribution is -1.81. The zero-order chi connectivity index (χ0) is 11.2. The number of terminal acetylenes is 1. The fraction of sp³-hybridized carbons (Fsp3) is 0.200. The van der Waals surface area contributed by atoms with Gasteiger partial charge in [-0.15, -0.1) is 24.1 Å².